The van der Waals surface area contributed by atoms with Crippen LogP contribution in [0.5, 0.6) is 0 Å². The lowest BCUT2D eigenvalue weighted by Gasteiger charge is -2.09. The predicted octanol–water partition coefficient (Wildman–Crippen LogP) is -0.695. The molecule has 0 heterocycles. The summed E-state index contributed by atoms with van der Waals surface area (Å²) in [5, 5.41) is 2.78. The maximum atomic E-state index is 11.3. The van der Waals surface area contributed by atoms with Gasteiger partial charge in [0.25, 0.3) is 0 Å². The van der Waals surface area contributed by atoms with E-state index in [1.807, 2.05) is 13.8 Å². The summed E-state index contributed by atoms with van der Waals surface area (Å²) in [6.45, 7) is 10.1. The smallest absolute Gasteiger partial charge is 0.222 e. The molecule has 0 aromatic heterocycles. The third-order valence-corrected chi connectivity index (χ3v) is 2.95. The van der Waals surface area contributed by atoms with E-state index in [0.717, 1.165) is 0 Å². The van der Waals surface area contributed by atoms with E-state index in [4.69, 9.17) is 29.5 Å². The third kappa shape index (κ3) is 19.4. The molecule has 0 unspecified atom stereocenters. The second kappa shape index (κ2) is 19.5. The normalized spacial score (nSPS) is 11.2. The molecule has 0 radical (unpaired) electrons. The van der Waals surface area contributed by atoms with Crippen LogP contribution in [0.25, 0.3) is 0 Å². The Balaban J connectivity index is 3.04. The van der Waals surface area contributed by atoms with Gasteiger partial charge in [-0.25, -0.2) is 0 Å². The van der Waals surface area contributed by atoms with Crippen molar-refractivity contribution in [2.45, 2.75) is 13.8 Å². The lowest BCUT2D eigenvalue weighted by molar-refractivity contribution is -0.124. The average molecular weight is 365 g/mol. The first-order chi connectivity index (χ1) is 12.2. The van der Waals surface area contributed by atoms with Gasteiger partial charge in [-0.3, -0.25) is 16.1 Å². The number of carbonyl (C=O) groups excluding carboxylic acids is 1. The standard InChI is InChI=1S/C16H35N3O6/c1-15(2)16(20)18-3-5-21-7-9-23-11-13-25-14-12-24-10-8-22-6-4-19-17/h15,19H,3-14,17H2,1-2H3,(H,18,20). The molecular formula is C16H35N3O6. The van der Waals surface area contributed by atoms with Crippen LogP contribution in [-0.4, -0.2) is 85.1 Å². The van der Waals surface area contributed by atoms with Gasteiger partial charge in [0.15, 0.2) is 0 Å². The summed E-state index contributed by atoms with van der Waals surface area (Å²) < 4.78 is 26.7. The highest BCUT2D eigenvalue weighted by Gasteiger charge is 2.04. The zero-order chi connectivity index (χ0) is 18.6. The maximum Gasteiger partial charge on any atom is 0.222 e. The molecule has 0 saturated carbocycles. The minimum absolute atomic E-state index is 0.000879. The lowest BCUT2D eigenvalue weighted by Crippen LogP contribution is -2.31. The molecule has 9 nitrogen and oxygen atoms in total. The van der Waals surface area contributed by atoms with Crippen LogP contribution in [0.1, 0.15) is 13.8 Å². The summed E-state index contributed by atoms with van der Waals surface area (Å²) in [5.41, 5.74) is 2.51. The Morgan fingerprint density at radius 3 is 1.44 bits per heavy atom. The van der Waals surface area contributed by atoms with E-state index >= 15 is 0 Å². The zero-order valence-electron chi connectivity index (χ0n) is 15.6. The lowest BCUT2D eigenvalue weighted by atomic mass is 10.2. The van der Waals surface area contributed by atoms with Crippen molar-refractivity contribution in [1.82, 2.24) is 10.7 Å². The van der Waals surface area contributed by atoms with Gasteiger partial charge in [0.1, 0.15) is 0 Å². The molecule has 0 atom stereocenters. The fourth-order valence-corrected chi connectivity index (χ4v) is 1.56. The molecule has 0 rings (SSSR count). The summed E-state index contributed by atoms with van der Waals surface area (Å²) >= 11 is 0. The Morgan fingerprint density at radius 2 is 1.08 bits per heavy atom. The molecule has 150 valence electrons. The molecule has 0 aliphatic carbocycles. The van der Waals surface area contributed by atoms with E-state index in [9.17, 15) is 4.79 Å². The average Bonchev–Trinajstić information content (AvgIpc) is 2.60. The molecule has 0 aliphatic rings. The van der Waals surface area contributed by atoms with Crippen molar-refractivity contribution in [2.75, 3.05) is 79.2 Å². The topological polar surface area (TPSA) is 113 Å². The van der Waals surface area contributed by atoms with Crippen molar-refractivity contribution >= 4 is 5.91 Å². The molecule has 9 heteroatoms. The molecule has 0 spiro atoms. The van der Waals surface area contributed by atoms with Crippen molar-refractivity contribution in [3.8, 4) is 0 Å². The highest BCUT2D eigenvalue weighted by atomic mass is 16.6. The first kappa shape index (κ1) is 24.2. The second-order valence-corrected chi connectivity index (χ2v) is 5.46. The molecule has 0 fully saturated rings. The van der Waals surface area contributed by atoms with Gasteiger partial charge >= 0.3 is 0 Å². The highest BCUT2D eigenvalue weighted by molar-refractivity contribution is 5.77. The van der Waals surface area contributed by atoms with Gasteiger partial charge in [0.05, 0.1) is 66.1 Å². The van der Waals surface area contributed by atoms with Crippen LogP contribution >= 0.6 is 0 Å². The minimum Gasteiger partial charge on any atom is -0.378 e. The van der Waals surface area contributed by atoms with Gasteiger partial charge in [0, 0.05) is 19.0 Å². The molecule has 0 aromatic carbocycles. The number of ether oxygens (including phenoxy) is 5. The SMILES string of the molecule is CC(C)C(=O)NCCOCCOCCOCCOCCOCCNN. The van der Waals surface area contributed by atoms with Crippen molar-refractivity contribution in [2.24, 2.45) is 11.8 Å². The number of rotatable bonds is 19. The summed E-state index contributed by atoms with van der Waals surface area (Å²) in [4.78, 5) is 11.3. The largest absolute Gasteiger partial charge is 0.378 e. The summed E-state index contributed by atoms with van der Waals surface area (Å²) in [5.74, 6) is 5.15. The monoisotopic (exact) mass is 365 g/mol. The van der Waals surface area contributed by atoms with Crippen molar-refractivity contribution < 1.29 is 28.5 Å². The molecule has 0 saturated heterocycles. The Labute approximate surface area is 150 Å². The molecule has 1 amide bonds. The number of amides is 1. The van der Waals surface area contributed by atoms with E-state index in [0.29, 0.717) is 79.2 Å². The van der Waals surface area contributed by atoms with Crippen LogP contribution in [0.3, 0.4) is 0 Å². The van der Waals surface area contributed by atoms with Crippen molar-refractivity contribution in [3.05, 3.63) is 0 Å². The maximum absolute atomic E-state index is 11.3. The predicted molar refractivity (Wildman–Crippen MR) is 94.1 cm³/mol. The van der Waals surface area contributed by atoms with Crippen LogP contribution in [0, 0.1) is 5.92 Å². The molecule has 25 heavy (non-hydrogen) atoms. The number of hydrogen-bond donors (Lipinski definition) is 3. The molecule has 0 aromatic rings. The molecule has 0 bridgehead atoms. The number of nitrogens with two attached hydrogens (primary N) is 1. The summed E-state index contributed by atoms with van der Waals surface area (Å²) in [7, 11) is 0. The summed E-state index contributed by atoms with van der Waals surface area (Å²) in [6.07, 6.45) is 0. The van der Waals surface area contributed by atoms with Gasteiger partial charge < -0.3 is 29.0 Å². The second-order valence-electron chi connectivity index (χ2n) is 5.46. The van der Waals surface area contributed by atoms with Crippen LogP contribution in [0.15, 0.2) is 0 Å². The quantitative estimate of drug-likeness (QED) is 0.157. The first-order valence-corrected chi connectivity index (χ1v) is 8.78. The Hall–Kier alpha value is -0.810. The van der Waals surface area contributed by atoms with E-state index in [2.05, 4.69) is 10.7 Å². The highest BCUT2D eigenvalue weighted by Crippen LogP contribution is 1.89. The summed E-state index contributed by atoms with van der Waals surface area (Å²) in [6, 6.07) is 0. The Morgan fingerprint density at radius 1 is 0.720 bits per heavy atom. The van der Waals surface area contributed by atoms with Gasteiger partial charge in [0.2, 0.25) is 5.91 Å². The fourth-order valence-electron chi connectivity index (χ4n) is 1.56. The van der Waals surface area contributed by atoms with Crippen LogP contribution < -0.4 is 16.6 Å². The fraction of sp³-hybridized carbons (Fsp3) is 0.938. The number of hydrogen-bond acceptors (Lipinski definition) is 8. The van der Waals surface area contributed by atoms with Crippen molar-refractivity contribution in [1.29, 1.82) is 0 Å². The van der Waals surface area contributed by atoms with Gasteiger partial charge in [-0.05, 0) is 0 Å². The van der Waals surface area contributed by atoms with Gasteiger partial charge in [-0.2, -0.15) is 0 Å². The molecule has 0 aliphatic heterocycles. The van der Waals surface area contributed by atoms with Crippen LogP contribution in [0.2, 0.25) is 0 Å². The first-order valence-electron chi connectivity index (χ1n) is 8.78. The van der Waals surface area contributed by atoms with Crippen LogP contribution in [0.4, 0.5) is 0 Å². The van der Waals surface area contributed by atoms with Crippen molar-refractivity contribution in [3.63, 3.8) is 0 Å². The van der Waals surface area contributed by atoms with E-state index in [1.165, 1.54) is 0 Å². The third-order valence-electron chi connectivity index (χ3n) is 2.95. The number of nitrogens with one attached hydrogen (secondary N) is 2. The van der Waals surface area contributed by atoms with E-state index < -0.39 is 0 Å². The van der Waals surface area contributed by atoms with Gasteiger partial charge in [-0.15, -0.1) is 0 Å². The van der Waals surface area contributed by atoms with E-state index in [-0.39, 0.29) is 11.8 Å². The molecule has 4 N–H and O–H groups in total. The van der Waals surface area contributed by atoms with E-state index in [1.54, 1.807) is 0 Å². The molecular weight excluding hydrogens is 330 g/mol. The Kier molecular flexibility index (Phi) is 18.9. The van der Waals surface area contributed by atoms with Crippen LogP contribution in [-0.2, 0) is 28.5 Å². The number of carbonyl (C=O) groups is 1. The Bertz CT molecular complexity index is 295. The minimum atomic E-state index is 0.000879. The van der Waals surface area contributed by atoms with Gasteiger partial charge in [-0.1, -0.05) is 13.8 Å². The zero-order valence-corrected chi connectivity index (χ0v) is 15.6. The number of hydrazine groups is 1.